The molecule has 4 aromatic heterocycles. The molecule has 5 aliphatic heterocycles. The van der Waals surface area contributed by atoms with Crippen molar-refractivity contribution in [2.24, 2.45) is 13.0 Å². The van der Waals surface area contributed by atoms with Gasteiger partial charge in [-0.1, -0.05) is 6.08 Å². The first-order chi connectivity index (χ1) is 32.4. The number of aryl methyl sites for hydroxylation is 2. The van der Waals surface area contributed by atoms with Gasteiger partial charge >= 0.3 is 0 Å². The van der Waals surface area contributed by atoms with Crippen molar-refractivity contribution >= 4 is 51.5 Å². The molecule has 0 bridgehead atoms. The van der Waals surface area contributed by atoms with E-state index < -0.39 is 17.8 Å². The van der Waals surface area contributed by atoms with Crippen LogP contribution in [0.2, 0.25) is 0 Å². The van der Waals surface area contributed by atoms with E-state index in [1.165, 1.54) is 18.3 Å². The van der Waals surface area contributed by atoms with Gasteiger partial charge in [-0.15, -0.1) is 0 Å². The maximum absolute atomic E-state index is 16.1. The number of piperidine rings is 2. The smallest absolute Gasteiger partial charge is 0.260 e. The van der Waals surface area contributed by atoms with Crippen LogP contribution in [0.25, 0.3) is 22.3 Å². The quantitative estimate of drug-likeness (QED) is 0.154. The molecule has 9 heterocycles. The van der Waals surface area contributed by atoms with Gasteiger partial charge in [0, 0.05) is 137 Å². The van der Waals surface area contributed by atoms with Gasteiger partial charge in [0.2, 0.25) is 11.8 Å². The zero-order valence-corrected chi connectivity index (χ0v) is 38.3. The number of nitrogens with zero attached hydrogens (tertiary/aromatic N) is 8. The minimum absolute atomic E-state index is 0.00769. The monoisotopic (exact) mass is 913 g/mol. The number of fused-ring (bicyclic) bond motifs is 2. The lowest BCUT2D eigenvalue weighted by Crippen LogP contribution is -2.49. The minimum Gasteiger partial charge on any atom is -0.384 e. The fourth-order valence-electron chi connectivity index (χ4n) is 10.8. The van der Waals surface area contributed by atoms with Crippen LogP contribution in [-0.2, 0) is 23.1 Å². The summed E-state index contributed by atoms with van der Waals surface area (Å²) < 4.78 is 35.1. The molecule has 0 aliphatic carbocycles. The summed E-state index contributed by atoms with van der Waals surface area (Å²) in [7, 11) is 2.01. The Labute approximate surface area is 387 Å². The molecule has 2 atom stereocenters. The Hall–Kier alpha value is -6.46. The Morgan fingerprint density at radius 1 is 0.925 bits per heavy atom. The highest BCUT2D eigenvalue weighted by molar-refractivity contribution is 6.01. The maximum atomic E-state index is 16.1. The number of carbonyl (C=O) groups excluding carboxylic acids is 3. The average molecular weight is 914 g/mol. The summed E-state index contributed by atoms with van der Waals surface area (Å²) in [6.07, 6.45) is 10.9. The number of piperazine rings is 1. The van der Waals surface area contributed by atoms with Crippen LogP contribution in [0.3, 0.4) is 0 Å². The second-order valence-corrected chi connectivity index (χ2v) is 18.8. The summed E-state index contributed by atoms with van der Waals surface area (Å²) in [5, 5.41) is 9.49. The molecule has 0 spiro atoms. The van der Waals surface area contributed by atoms with Gasteiger partial charge in [0.25, 0.3) is 11.5 Å². The van der Waals surface area contributed by atoms with Crippen molar-refractivity contribution in [2.75, 3.05) is 81.0 Å². The van der Waals surface area contributed by atoms with E-state index in [0.29, 0.717) is 74.7 Å². The van der Waals surface area contributed by atoms with Crippen molar-refractivity contribution in [3.8, 4) is 5.69 Å². The Bertz CT molecular complexity index is 2840. The number of pyridine rings is 3. The van der Waals surface area contributed by atoms with Crippen molar-refractivity contribution in [3.63, 3.8) is 0 Å². The highest BCUT2D eigenvalue weighted by Gasteiger charge is 2.31. The summed E-state index contributed by atoms with van der Waals surface area (Å²) in [5.41, 5.74) is 7.45. The molecule has 15 nitrogen and oxygen atoms in total. The summed E-state index contributed by atoms with van der Waals surface area (Å²) in [6, 6.07) is 10.0. The highest BCUT2D eigenvalue weighted by atomic mass is 19.1. The van der Waals surface area contributed by atoms with Gasteiger partial charge in [-0.2, -0.15) is 0 Å². The molecule has 5 aromatic rings. The average Bonchev–Trinajstić information content (AvgIpc) is 3.95. The van der Waals surface area contributed by atoms with E-state index in [1.807, 2.05) is 48.2 Å². The molecule has 3 amide bonds. The molecule has 3 N–H and O–H groups in total. The summed E-state index contributed by atoms with van der Waals surface area (Å²) in [6.45, 7) is 11.1. The molecule has 0 radical (unpaired) electrons. The van der Waals surface area contributed by atoms with E-state index in [1.54, 1.807) is 10.8 Å². The third-order valence-corrected chi connectivity index (χ3v) is 14.6. The fraction of sp³-hybridized carbons (Fsp3) is 0.440. The van der Waals surface area contributed by atoms with Crippen LogP contribution in [0, 0.1) is 24.5 Å². The lowest BCUT2D eigenvalue weighted by molar-refractivity contribution is -0.133. The Morgan fingerprint density at radius 3 is 2.46 bits per heavy atom. The second kappa shape index (κ2) is 18.3. The molecule has 17 heteroatoms. The third kappa shape index (κ3) is 8.70. The first-order valence-corrected chi connectivity index (χ1v) is 23.6. The number of amides is 3. The predicted molar refractivity (Wildman–Crippen MR) is 253 cm³/mol. The number of imide groups is 1. The number of anilines is 3. The molecule has 0 saturated carbocycles. The van der Waals surface area contributed by atoms with Crippen molar-refractivity contribution in [1.82, 2.24) is 39.1 Å². The van der Waals surface area contributed by atoms with Gasteiger partial charge in [-0.25, -0.2) is 18.7 Å². The van der Waals surface area contributed by atoms with E-state index in [9.17, 15) is 19.2 Å². The van der Waals surface area contributed by atoms with E-state index in [2.05, 4.69) is 54.4 Å². The van der Waals surface area contributed by atoms with Gasteiger partial charge in [0.1, 0.15) is 17.5 Å². The van der Waals surface area contributed by atoms with E-state index in [-0.39, 0.29) is 41.5 Å². The van der Waals surface area contributed by atoms with Crippen molar-refractivity contribution in [3.05, 3.63) is 111 Å². The van der Waals surface area contributed by atoms with Crippen LogP contribution in [0.5, 0.6) is 0 Å². The standard InChI is InChI=1S/C50H57F2N11O4/c1-30-24-34(49(66)62-15-8-32(9-16-62)29-59-20-22-61(23-21-59)47-39(52)26-35(28-55-47)56-41-4-5-44(64)57-48(41)65)25-38(51)45(30)33-10-17-60(18-11-33)31(2)43-27-37-42(7-14-54-46(37)58(43)3)63-19-12-40-36(50(63)67)6-13-53-40/h7,10,12,14,19,24-28,31-32,41,53,56H,4-6,8-9,11,13,15-18,20-23,29H2,1-3H3,(H,57,64,65). The summed E-state index contributed by atoms with van der Waals surface area (Å²) in [4.78, 5) is 68.4. The van der Waals surface area contributed by atoms with E-state index in [4.69, 9.17) is 4.98 Å². The number of nitrogens with one attached hydrogen (secondary N) is 3. The molecule has 67 heavy (non-hydrogen) atoms. The number of aromatic nitrogens is 4. The topological polar surface area (TPSA) is 153 Å². The predicted octanol–water partition coefficient (Wildman–Crippen LogP) is 5.42. The number of hydrogen-bond acceptors (Lipinski definition) is 11. The Balaban J connectivity index is 0.716. The van der Waals surface area contributed by atoms with Gasteiger partial charge in [-0.05, 0) is 93.3 Å². The number of rotatable bonds is 10. The lowest BCUT2D eigenvalue weighted by atomic mass is 9.92. The molecule has 3 saturated heterocycles. The minimum atomic E-state index is -0.611. The largest absolute Gasteiger partial charge is 0.384 e. The molecular weight excluding hydrogens is 857 g/mol. The van der Waals surface area contributed by atoms with Gasteiger partial charge in [-0.3, -0.25) is 38.9 Å². The van der Waals surface area contributed by atoms with Gasteiger partial charge in [0.15, 0.2) is 11.6 Å². The Morgan fingerprint density at radius 2 is 1.73 bits per heavy atom. The summed E-state index contributed by atoms with van der Waals surface area (Å²) in [5.74, 6) is -1.01. The van der Waals surface area contributed by atoms with Crippen LogP contribution < -0.4 is 26.4 Å². The van der Waals surface area contributed by atoms with Crippen molar-refractivity contribution in [2.45, 2.75) is 64.5 Å². The number of benzene rings is 1. The van der Waals surface area contributed by atoms with Crippen LogP contribution in [0.4, 0.5) is 26.0 Å². The fourth-order valence-corrected chi connectivity index (χ4v) is 10.8. The van der Waals surface area contributed by atoms with Crippen LogP contribution in [0.15, 0.2) is 65.9 Å². The van der Waals surface area contributed by atoms with Crippen molar-refractivity contribution in [1.29, 1.82) is 0 Å². The normalized spacial score (nSPS) is 20.1. The lowest BCUT2D eigenvalue weighted by Gasteiger charge is -2.39. The Kier molecular flexibility index (Phi) is 12.1. The van der Waals surface area contributed by atoms with Gasteiger partial charge < -0.3 is 25.0 Å². The number of likely N-dealkylation sites (tertiary alicyclic amines) is 1. The number of carbonyl (C=O) groups is 3. The highest BCUT2D eigenvalue weighted by Crippen LogP contribution is 2.35. The molecular formula is C50H57F2N11O4. The molecule has 2 unspecified atom stereocenters. The van der Waals surface area contributed by atoms with E-state index in [0.717, 1.165) is 90.4 Å². The van der Waals surface area contributed by atoms with E-state index >= 15 is 8.78 Å². The second-order valence-electron chi connectivity index (χ2n) is 18.8. The summed E-state index contributed by atoms with van der Waals surface area (Å²) >= 11 is 0. The first kappa shape index (κ1) is 44.4. The number of hydrogen-bond donors (Lipinski definition) is 3. The number of halogens is 2. The zero-order valence-electron chi connectivity index (χ0n) is 38.3. The third-order valence-electron chi connectivity index (χ3n) is 14.6. The van der Waals surface area contributed by atoms with Crippen LogP contribution >= 0.6 is 0 Å². The van der Waals surface area contributed by atoms with Crippen LogP contribution in [-0.4, -0.2) is 123 Å². The zero-order chi connectivity index (χ0) is 46.5. The van der Waals surface area contributed by atoms with Crippen LogP contribution in [0.1, 0.15) is 77.8 Å². The molecule has 5 aliphatic rings. The van der Waals surface area contributed by atoms with Crippen molar-refractivity contribution < 1.29 is 23.2 Å². The SMILES string of the molecule is Cc1cc(C(=O)N2CCC(CN3CCN(c4ncc(NC5CCC(=O)NC5=O)cc4F)CC3)CC2)cc(F)c1C1=CCN(C(C)c2cc3c(-n4ccc5c(c4=O)CCN5)ccnc3n2C)CC1. The molecule has 1 aromatic carbocycles. The molecule has 3 fully saturated rings. The first-order valence-electron chi connectivity index (χ1n) is 23.6. The van der Waals surface area contributed by atoms with Gasteiger partial charge in [0.05, 0.1) is 17.6 Å². The molecule has 10 rings (SSSR count). The molecule has 350 valence electrons. The maximum Gasteiger partial charge on any atom is 0.260 e.